The van der Waals surface area contributed by atoms with Gasteiger partial charge in [-0.05, 0) is 61.9 Å². The van der Waals surface area contributed by atoms with E-state index in [1.165, 1.54) is 6.08 Å². The molecule has 0 bridgehead atoms. The molecule has 0 saturated carbocycles. The smallest absolute Gasteiger partial charge is 0.338 e. The molecule has 0 aliphatic carbocycles. The Morgan fingerprint density at radius 2 is 1.66 bits per heavy atom. The van der Waals surface area contributed by atoms with E-state index in [-0.39, 0.29) is 6.10 Å². The van der Waals surface area contributed by atoms with Crippen molar-refractivity contribution in [3.8, 4) is 5.75 Å². The maximum absolute atomic E-state index is 11.9. The van der Waals surface area contributed by atoms with Crippen molar-refractivity contribution in [3.63, 3.8) is 0 Å². The highest BCUT2D eigenvalue weighted by molar-refractivity contribution is 5.95. The van der Waals surface area contributed by atoms with Gasteiger partial charge in [0, 0.05) is 11.8 Å². The first-order valence-electron chi connectivity index (χ1n) is 8.97. The molecule has 0 aliphatic heterocycles. The van der Waals surface area contributed by atoms with Crippen LogP contribution in [0.5, 0.6) is 5.75 Å². The van der Waals surface area contributed by atoms with Gasteiger partial charge in [-0.2, -0.15) is 0 Å². The Balaban J connectivity index is 1.79. The molecule has 2 aromatic rings. The standard InChI is InChI=1S/C22H23NO6/c1-15(2)29-22(26)17-7-9-18(10-8-17)23-20(24)14-28-21(25)13-6-16-4-11-19(27-3)12-5-16/h4-13,15H,14H2,1-3H3,(H,23,24)/b13-6+. The average molecular weight is 397 g/mol. The maximum atomic E-state index is 11.9. The third kappa shape index (κ3) is 7.50. The highest BCUT2D eigenvalue weighted by Gasteiger charge is 2.10. The van der Waals surface area contributed by atoms with Crippen LogP contribution in [0, 0.1) is 0 Å². The van der Waals surface area contributed by atoms with Gasteiger partial charge in [-0.15, -0.1) is 0 Å². The molecule has 0 heterocycles. The summed E-state index contributed by atoms with van der Waals surface area (Å²) in [6.45, 7) is 3.10. The monoisotopic (exact) mass is 397 g/mol. The van der Waals surface area contributed by atoms with E-state index in [0.29, 0.717) is 17.0 Å². The highest BCUT2D eigenvalue weighted by atomic mass is 16.5. The first-order valence-corrected chi connectivity index (χ1v) is 8.97. The SMILES string of the molecule is COc1ccc(/C=C/C(=O)OCC(=O)Nc2ccc(C(=O)OC(C)C)cc2)cc1. The van der Waals surface area contributed by atoms with Crippen LogP contribution in [0.4, 0.5) is 5.69 Å². The molecule has 0 aliphatic rings. The Hall–Kier alpha value is -3.61. The highest BCUT2D eigenvalue weighted by Crippen LogP contribution is 2.13. The van der Waals surface area contributed by atoms with Crippen molar-refractivity contribution in [2.45, 2.75) is 20.0 Å². The largest absolute Gasteiger partial charge is 0.497 e. The molecule has 0 saturated heterocycles. The van der Waals surface area contributed by atoms with Gasteiger partial charge in [-0.1, -0.05) is 12.1 Å². The van der Waals surface area contributed by atoms with Gasteiger partial charge in [0.05, 0.1) is 18.8 Å². The van der Waals surface area contributed by atoms with Gasteiger partial charge in [0.2, 0.25) is 0 Å². The van der Waals surface area contributed by atoms with Crippen molar-refractivity contribution in [2.24, 2.45) is 0 Å². The van der Waals surface area contributed by atoms with Crippen LogP contribution >= 0.6 is 0 Å². The van der Waals surface area contributed by atoms with Gasteiger partial charge < -0.3 is 19.5 Å². The molecular formula is C22H23NO6. The first kappa shape index (κ1) is 21.7. The topological polar surface area (TPSA) is 90.9 Å². The molecule has 1 N–H and O–H groups in total. The summed E-state index contributed by atoms with van der Waals surface area (Å²) in [5.41, 5.74) is 1.65. The van der Waals surface area contributed by atoms with Crippen molar-refractivity contribution >= 4 is 29.6 Å². The third-order valence-electron chi connectivity index (χ3n) is 3.62. The van der Waals surface area contributed by atoms with Crippen molar-refractivity contribution in [2.75, 3.05) is 19.0 Å². The Labute approximate surface area is 169 Å². The molecule has 2 rings (SSSR count). The molecular weight excluding hydrogens is 374 g/mol. The summed E-state index contributed by atoms with van der Waals surface area (Å²) in [5.74, 6) is -0.849. The van der Waals surface area contributed by atoms with Crippen LogP contribution in [-0.4, -0.2) is 37.7 Å². The second-order valence-corrected chi connectivity index (χ2v) is 6.29. The fraction of sp³-hybridized carbons (Fsp3) is 0.227. The number of esters is 2. The van der Waals surface area contributed by atoms with Crippen molar-refractivity contribution in [1.29, 1.82) is 0 Å². The minimum Gasteiger partial charge on any atom is -0.497 e. The van der Waals surface area contributed by atoms with Gasteiger partial charge in [0.25, 0.3) is 5.91 Å². The zero-order chi connectivity index (χ0) is 21.2. The fourth-order valence-electron chi connectivity index (χ4n) is 2.23. The van der Waals surface area contributed by atoms with Crippen LogP contribution in [0.2, 0.25) is 0 Å². The summed E-state index contributed by atoms with van der Waals surface area (Å²) in [6, 6.07) is 13.3. The number of amides is 1. The Kier molecular flexibility index (Phi) is 7.97. The number of rotatable bonds is 8. The van der Waals surface area contributed by atoms with Crippen LogP contribution in [0.25, 0.3) is 6.08 Å². The van der Waals surface area contributed by atoms with E-state index in [1.807, 2.05) is 0 Å². The summed E-state index contributed by atoms with van der Waals surface area (Å²) in [5, 5.41) is 2.58. The van der Waals surface area contributed by atoms with Gasteiger partial charge in [0.15, 0.2) is 6.61 Å². The van der Waals surface area contributed by atoms with Crippen LogP contribution in [0.1, 0.15) is 29.8 Å². The molecule has 1 amide bonds. The van der Waals surface area contributed by atoms with Gasteiger partial charge in [0.1, 0.15) is 5.75 Å². The van der Waals surface area contributed by atoms with E-state index in [0.717, 1.165) is 5.56 Å². The predicted octanol–water partition coefficient (Wildman–Crippen LogP) is 3.46. The lowest BCUT2D eigenvalue weighted by Crippen LogP contribution is -2.20. The van der Waals surface area contributed by atoms with Crippen LogP contribution in [0.15, 0.2) is 54.6 Å². The zero-order valence-electron chi connectivity index (χ0n) is 16.5. The molecule has 29 heavy (non-hydrogen) atoms. The number of hydrogen-bond acceptors (Lipinski definition) is 6. The zero-order valence-corrected chi connectivity index (χ0v) is 16.5. The van der Waals surface area contributed by atoms with E-state index < -0.39 is 24.5 Å². The minimum atomic E-state index is -0.636. The molecule has 0 radical (unpaired) electrons. The number of benzene rings is 2. The number of carbonyl (C=O) groups excluding carboxylic acids is 3. The van der Waals surface area contributed by atoms with E-state index >= 15 is 0 Å². The lowest BCUT2D eigenvalue weighted by atomic mass is 10.2. The van der Waals surface area contributed by atoms with Crippen LogP contribution < -0.4 is 10.1 Å². The fourth-order valence-corrected chi connectivity index (χ4v) is 2.23. The maximum Gasteiger partial charge on any atom is 0.338 e. The number of carbonyl (C=O) groups is 3. The summed E-state index contributed by atoms with van der Waals surface area (Å²) >= 11 is 0. The Morgan fingerprint density at radius 1 is 1.00 bits per heavy atom. The molecule has 0 atom stereocenters. The summed E-state index contributed by atoms with van der Waals surface area (Å²) in [6.07, 6.45) is 2.61. The van der Waals surface area contributed by atoms with E-state index in [9.17, 15) is 14.4 Å². The normalized spacial score (nSPS) is 10.6. The number of hydrogen-bond donors (Lipinski definition) is 1. The van der Waals surface area contributed by atoms with Crippen molar-refractivity contribution in [1.82, 2.24) is 0 Å². The molecule has 0 fully saturated rings. The lowest BCUT2D eigenvalue weighted by molar-refractivity contribution is -0.142. The molecule has 2 aromatic carbocycles. The summed E-state index contributed by atoms with van der Waals surface area (Å²) < 4.78 is 15.1. The predicted molar refractivity (Wildman–Crippen MR) is 109 cm³/mol. The van der Waals surface area contributed by atoms with E-state index in [4.69, 9.17) is 14.2 Å². The molecule has 152 valence electrons. The molecule has 7 nitrogen and oxygen atoms in total. The molecule has 0 aromatic heterocycles. The second-order valence-electron chi connectivity index (χ2n) is 6.29. The molecule has 0 spiro atoms. The summed E-state index contributed by atoms with van der Waals surface area (Å²) in [4.78, 5) is 35.4. The molecule has 7 heteroatoms. The third-order valence-corrected chi connectivity index (χ3v) is 3.62. The second kappa shape index (κ2) is 10.7. The number of nitrogens with one attached hydrogen (secondary N) is 1. The van der Waals surface area contributed by atoms with Gasteiger partial charge in [-0.25, -0.2) is 9.59 Å². The number of methoxy groups -OCH3 is 1. The van der Waals surface area contributed by atoms with Crippen LogP contribution in [0.3, 0.4) is 0 Å². The minimum absolute atomic E-state index is 0.213. The van der Waals surface area contributed by atoms with E-state index in [1.54, 1.807) is 75.6 Å². The van der Waals surface area contributed by atoms with E-state index in [2.05, 4.69) is 5.32 Å². The van der Waals surface area contributed by atoms with Crippen molar-refractivity contribution < 1.29 is 28.6 Å². The molecule has 0 unspecified atom stereocenters. The number of ether oxygens (including phenoxy) is 3. The average Bonchev–Trinajstić information content (AvgIpc) is 2.71. The van der Waals surface area contributed by atoms with Gasteiger partial charge in [-0.3, -0.25) is 4.79 Å². The summed E-state index contributed by atoms with van der Waals surface area (Å²) in [7, 11) is 1.57. The Bertz CT molecular complexity index is 869. The lowest BCUT2D eigenvalue weighted by Gasteiger charge is -2.09. The Morgan fingerprint density at radius 3 is 2.24 bits per heavy atom. The quantitative estimate of drug-likeness (QED) is 0.542. The van der Waals surface area contributed by atoms with Crippen LogP contribution in [-0.2, 0) is 19.1 Å². The first-order chi connectivity index (χ1) is 13.9. The van der Waals surface area contributed by atoms with Crippen molar-refractivity contribution in [3.05, 3.63) is 65.7 Å². The van der Waals surface area contributed by atoms with Gasteiger partial charge >= 0.3 is 11.9 Å². The number of anilines is 1.